The van der Waals surface area contributed by atoms with Crippen LogP contribution in [0.5, 0.6) is 34.5 Å². The first-order valence-corrected chi connectivity index (χ1v) is 30.7. The molecule has 8 rings (SSSR count). The second-order valence-electron chi connectivity index (χ2n) is 21.5. The number of nitrogens with one attached hydrogen (secondary N) is 7. The Morgan fingerprint density at radius 2 is 0.849 bits per heavy atom. The van der Waals surface area contributed by atoms with E-state index in [1.807, 2.05) is 90.1 Å². The molecule has 2 saturated heterocycles. The fourth-order valence-electron chi connectivity index (χ4n) is 10.4. The molecule has 0 aliphatic carbocycles. The van der Waals surface area contributed by atoms with Gasteiger partial charge in [0, 0.05) is 109 Å². The summed E-state index contributed by atoms with van der Waals surface area (Å²) in [5.74, 6) is 2.92. The maximum Gasteiger partial charge on any atom is 0.319 e. The van der Waals surface area contributed by atoms with Crippen LogP contribution in [0.1, 0.15) is 121 Å². The molecule has 6 aromatic rings. The SMILES string of the molecule is CCOc1cc(NC(=O)NC(CC)CC)ccc1Oc1ccc(NC(=O)c2ccc(N(C)C3CCN(CC)CC3)cc2)cc1.CCOc1cc(NC(=O)NC(CC)CC)ccc1Oc1ccc(NC(=O)c2ccc(N(C)C3CCNCC3)cc2)cc1. The largest absolute Gasteiger partial charge is 0.490 e. The van der Waals surface area contributed by atoms with Gasteiger partial charge >= 0.3 is 12.1 Å². The van der Waals surface area contributed by atoms with Gasteiger partial charge in [-0.2, -0.15) is 0 Å². The molecule has 18 heteroatoms. The molecule has 2 fully saturated rings. The molecule has 7 N–H and O–H groups in total. The third-order valence-corrected chi connectivity index (χ3v) is 15.8. The zero-order chi connectivity index (χ0) is 61.4. The number of benzene rings is 6. The first-order chi connectivity index (χ1) is 41.7. The van der Waals surface area contributed by atoms with Crippen LogP contribution < -0.4 is 66.0 Å². The third kappa shape index (κ3) is 19.3. The smallest absolute Gasteiger partial charge is 0.319 e. The number of piperidine rings is 2. The number of hydrogen-bond acceptors (Lipinski definition) is 12. The summed E-state index contributed by atoms with van der Waals surface area (Å²) < 4.78 is 23.7. The van der Waals surface area contributed by atoms with Crippen LogP contribution in [0.2, 0.25) is 0 Å². The van der Waals surface area contributed by atoms with Gasteiger partial charge < -0.3 is 70.9 Å². The minimum absolute atomic E-state index is 0.128. The van der Waals surface area contributed by atoms with Crippen LogP contribution in [0.3, 0.4) is 0 Å². The molecule has 0 spiro atoms. The Bertz CT molecular complexity index is 3070. The van der Waals surface area contributed by atoms with Gasteiger partial charge in [0.15, 0.2) is 23.0 Å². The third-order valence-electron chi connectivity index (χ3n) is 15.8. The van der Waals surface area contributed by atoms with E-state index in [1.165, 1.54) is 0 Å². The number of nitrogens with zero attached hydrogens (tertiary/aromatic N) is 3. The van der Waals surface area contributed by atoms with Crippen LogP contribution in [0.25, 0.3) is 0 Å². The highest BCUT2D eigenvalue weighted by molar-refractivity contribution is 6.05. The second-order valence-corrected chi connectivity index (χ2v) is 21.5. The fraction of sp³-hybridized carbons (Fsp3) is 0.412. The molecule has 6 amide bonds. The standard InChI is InChI=1S/C35H47N5O4.C33H43N5O4/c1-6-26(7-2)37-35(42)38-28-14-19-32(33(24-28)43-9-4)44-31-17-12-27(13-18-31)36-34(41)25-10-15-29(16-11-25)39(5)30-20-22-40(8-3)23-21-30;1-5-24(6-2)36-33(40)37-26-12-17-30(31(22-26)41-7-3)42-29-15-10-25(11-16-29)35-32(39)23-8-13-27(14-9-23)38(4)28-18-20-34-21-19-28/h10-19,24,26,30H,6-9,20-23H2,1-5H3,(H,36,41)(H2,37,38,42);8-17,22,24,28,34H,5-7,18-21H2,1-4H3,(H,35,39)(H2,36,37,40). The molecule has 0 saturated carbocycles. The Balaban J connectivity index is 0.000000246. The van der Waals surface area contributed by atoms with Crippen molar-refractivity contribution in [2.24, 2.45) is 0 Å². The average molecular weight is 1180 g/mol. The van der Waals surface area contributed by atoms with Gasteiger partial charge in [0.05, 0.1) is 13.2 Å². The van der Waals surface area contributed by atoms with Gasteiger partial charge in [-0.3, -0.25) is 9.59 Å². The minimum Gasteiger partial charge on any atom is -0.490 e. The van der Waals surface area contributed by atoms with E-state index in [9.17, 15) is 19.2 Å². The molecule has 2 aliphatic rings. The lowest BCUT2D eigenvalue weighted by Crippen LogP contribution is -2.43. The van der Waals surface area contributed by atoms with E-state index in [1.54, 1.807) is 84.9 Å². The lowest BCUT2D eigenvalue weighted by atomic mass is 10.0. The van der Waals surface area contributed by atoms with Crippen molar-refractivity contribution in [2.75, 3.05) is 91.1 Å². The molecule has 0 atom stereocenters. The highest BCUT2D eigenvalue weighted by Crippen LogP contribution is 2.37. The monoisotopic (exact) mass is 1170 g/mol. The molecule has 2 aliphatic heterocycles. The highest BCUT2D eigenvalue weighted by atomic mass is 16.5. The maximum absolute atomic E-state index is 12.9. The topological polar surface area (TPSA) is 199 Å². The van der Waals surface area contributed by atoms with Crippen molar-refractivity contribution in [3.63, 3.8) is 0 Å². The van der Waals surface area contributed by atoms with Gasteiger partial charge in [-0.15, -0.1) is 0 Å². The van der Waals surface area contributed by atoms with Crippen LogP contribution in [0.15, 0.2) is 133 Å². The van der Waals surface area contributed by atoms with E-state index in [2.05, 4.69) is 72.9 Å². The maximum atomic E-state index is 12.9. The zero-order valence-electron chi connectivity index (χ0n) is 51.7. The van der Waals surface area contributed by atoms with Gasteiger partial charge in [0.2, 0.25) is 0 Å². The van der Waals surface area contributed by atoms with Crippen molar-refractivity contribution < 1.29 is 38.1 Å². The quantitative estimate of drug-likeness (QED) is 0.0287. The normalized spacial score (nSPS) is 13.6. The first-order valence-electron chi connectivity index (χ1n) is 30.7. The molecule has 2 heterocycles. The number of carbonyl (C=O) groups excluding carboxylic acids is 4. The van der Waals surface area contributed by atoms with E-state index < -0.39 is 0 Å². The van der Waals surface area contributed by atoms with Crippen LogP contribution >= 0.6 is 0 Å². The fourth-order valence-corrected chi connectivity index (χ4v) is 10.4. The van der Waals surface area contributed by atoms with Crippen molar-refractivity contribution in [2.45, 2.75) is 124 Å². The highest BCUT2D eigenvalue weighted by Gasteiger charge is 2.23. The van der Waals surface area contributed by atoms with Crippen LogP contribution in [-0.2, 0) is 0 Å². The van der Waals surface area contributed by atoms with E-state index in [0.29, 0.717) is 93.7 Å². The summed E-state index contributed by atoms with van der Waals surface area (Å²) in [5.41, 5.74) is 5.99. The van der Waals surface area contributed by atoms with Crippen LogP contribution in [0, 0.1) is 0 Å². The number of rotatable bonds is 25. The van der Waals surface area contributed by atoms with Gasteiger partial charge in [-0.25, -0.2) is 9.59 Å². The Hall–Kier alpha value is -8.48. The summed E-state index contributed by atoms with van der Waals surface area (Å²) in [4.78, 5) is 57.7. The van der Waals surface area contributed by atoms with Crippen molar-refractivity contribution in [1.29, 1.82) is 0 Å². The number of hydrogen-bond donors (Lipinski definition) is 7. The van der Waals surface area contributed by atoms with E-state index in [-0.39, 0.29) is 36.0 Å². The lowest BCUT2D eigenvalue weighted by molar-refractivity contribution is 0.101. The summed E-state index contributed by atoms with van der Waals surface area (Å²) in [7, 11) is 4.26. The number of anilines is 6. The van der Waals surface area contributed by atoms with Crippen molar-refractivity contribution in [3.8, 4) is 34.5 Å². The molecule has 6 aromatic carbocycles. The molecule has 86 heavy (non-hydrogen) atoms. The summed E-state index contributed by atoms with van der Waals surface area (Å²) in [6, 6.07) is 41.3. The Morgan fingerprint density at radius 1 is 0.477 bits per heavy atom. The van der Waals surface area contributed by atoms with E-state index in [0.717, 1.165) is 95.5 Å². The van der Waals surface area contributed by atoms with E-state index in [4.69, 9.17) is 18.9 Å². The summed E-state index contributed by atoms with van der Waals surface area (Å²) >= 11 is 0. The van der Waals surface area contributed by atoms with Crippen LogP contribution in [-0.4, -0.2) is 113 Å². The number of carbonyl (C=O) groups is 4. The van der Waals surface area contributed by atoms with Gasteiger partial charge in [-0.05, 0) is 206 Å². The van der Waals surface area contributed by atoms with Gasteiger partial charge in [0.1, 0.15) is 11.5 Å². The Labute approximate surface area is 509 Å². The van der Waals surface area contributed by atoms with E-state index >= 15 is 0 Å². The Kier molecular flexibility index (Phi) is 25.2. The predicted octanol–water partition coefficient (Wildman–Crippen LogP) is 14.0. The molecule has 0 radical (unpaired) electrons. The lowest BCUT2D eigenvalue weighted by Gasteiger charge is -2.37. The number of urea groups is 2. The molecular formula is C68H90N10O8. The molecular weight excluding hydrogens is 1080 g/mol. The van der Waals surface area contributed by atoms with Gasteiger partial charge in [0.25, 0.3) is 11.8 Å². The zero-order valence-corrected chi connectivity index (χ0v) is 51.7. The molecule has 18 nitrogen and oxygen atoms in total. The molecule has 460 valence electrons. The molecule has 0 unspecified atom stereocenters. The minimum atomic E-state index is -0.252. The number of amides is 6. The summed E-state index contributed by atoms with van der Waals surface area (Å²) in [5, 5.41) is 21.0. The summed E-state index contributed by atoms with van der Waals surface area (Å²) in [6.45, 7) is 20.5. The van der Waals surface area contributed by atoms with Crippen molar-refractivity contribution in [3.05, 3.63) is 145 Å². The average Bonchev–Trinajstić information content (AvgIpc) is 2.92. The predicted molar refractivity (Wildman–Crippen MR) is 348 cm³/mol. The molecule has 0 aromatic heterocycles. The molecule has 0 bridgehead atoms. The van der Waals surface area contributed by atoms with Crippen LogP contribution in [0.4, 0.5) is 43.7 Å². The second kappa shape index (κ2) is 33.3. The van der Waals surface area contributed by atoms with Crippen molar-refractivity contribution >= 4 is 58.0 Å². The van der Waals surface area contributed by atoms with Crippen molar-refractivity contribution in [1.82, 2.24) is 20.9 Å². The number of likely N-dealkylation sites (tertiary alicyclic amines) is 1. The van der Waals surface area contributed by atoms with Gasteiger partial charge in [-0.1, -0.05) is 34.6 Å². The first kappa shape index (κ1) is 65.1. The number of ether oxygens (including phenoxy) is 4. The Morgan fingerprint density at radius 3 is 1.21 bits per heavy atom. The summed E-state index contributed by atoms with van der Waals surface area (Å²) in [6.07, 6.45) is 8.01.